The summed E-state index contributed by atoms with van der Waals surface area (Å²) in [5, 5.41) is 18.3. The van der Waals surface area contributed by atoms with Crippen molar-refractivity contribution in [3.8, 4) is 23.0 Å². The number of fused-ring (bicyclic) bond motifs is 6. The average Bonchev–Trinajstić information content (AvgIpc) is 3.51. The molecule has 4 bridgehead atoms. The fraction of sp³-hybridized carbons (Fsp3) is 0.324. The number of aromatic nitrogens is 4. The number of azo groups is 1. The van der Waals surface area contributed by atoms with E-state index in [0.717, 1.165) is 0 Å². The Balaban J connectivity index is 1.54. The van der Waals surface area contributed by atoms with Crippen LogP contribution in [0.3, 0.4) is 0 Å². The topological polar surface area (TPSA) is 145 Å². The molecule has 242 valence electrons. The maximum absolute atomic E-state index is 16.4. The first-order valence-corrected chi connectivity index (χ1v) is 15.6. The summed E-state index contributed by atoms with van der Waals surface area (Å²) in [7, 11) is 0. The number of hydrogen-bond acceptors (Lipinski definition) is 10. The number of nitriles is 1. The standard InChI is InChI=1S/C34H30F2N10O2/c1-4-27(47)45-13-12-44(17-21(45)8-10-37)32-22-16-24(36)30-28-19(6-5-7-23(28)35)14-25-39-26(43-42-25)15-20-9-11-38-29(18(2)3)31(20)46(33(22)40-30)34(48)41-32/h4-7,9,11,16,18,21,25H,1,8,12-15,17H2,2-3H3. The minimum Gasteiger partial charge on any atom is -0.352 e. The van der Waals surface area contributed by atoms with Gasteiger partial charge in [-0.2, -0.15) is 15.4 Å². The lowest BCUT2D eigenvalue weighted by atomic mass is 9.98. The maximum Gasteiger partial charge on any atom is 0.355 e. The number of benzene rings is 1. The molecule has 4 aromatic rings. The zero-order chi connectivity index (χ0) is 33.7. The molecule has 2 unspecified atom stereocenters. The Hall–Kier alpha value is -5.71. The van der Waals surface area contributed by atoms with Crippen LogP contribution in [0.4, 0.5) is 14.6 Å². The van der Waals surface area contributed by atoms with E-state index < -0.39 is 29.5 Å². The Kier molecular flexibility index (Phi) is 7.82. The van der Waals surface area contributed by atoms with Crippen molar-refractivity contribution in [2.45, 2.75) is 51.2 Å². The van der Waals surface area contributed by atoms with Crippen molar-refractivity contribution >= 4 is 28.6 Å². The van der Waals surface area contributed by atoms with Crippen molar-refractivity contribution in [2.75, 3.05) is 24.5 Å². The first kappa shape index (κ1) is 30.9. The van der Waals surface area contributed by atoms with Crippen molar-refractivity contribution in [3.05, 3.63) is 88.1 Å². The van der Waals surface area contributed by atoms with E-state index in [2.05, 4.69) is 37.8 Å². The molecule has 14 heteroatoms. The molecule has 12 nitrogen and oxygen atoms in total. The zero-order valence-corrected chi connectivity index (χ0v) is 26.3. The molecule has 0 N–H and O–H groups in total. The van der Waals surface area contributed by atoms with E-state index in [1.54, 1.807) is 28.1 Å². The van der Waals surface area contributed by atoms with Crippen LogP contribution in [-0.2, 0) is 17.6 Å². The van der Waals surface area contributed by atoms with Gasteiger partial charge < -0.3 is 9.80 Å². The van der Waals surface area contributed by atoms with Gasteiger partial charge in [0.2, 0.25) is 5.91 Å². The number of anilines is 1. The lowest BCUT2D eigenvalue weighted by Crippen LogP contribution is -2.55. The van der Waals surface area contributed by atoms with Crippen molar-refractivity contribution < 1.29 is 13.6 Å². The summed E-state index contributed by atoms with van der Waals surface area (Å²) in [5.74, 6) is -1.42. The van der Waals surface area contributed by atoms with E-state index in [9.17, 15) is 14.9 Å². The van der Waals surface area contributed by atoms with Crippen LogP contribution in [0.25, 0.3) is 28.0 Å². The number of rotatable bonds is 4. The molecule has 48 heavy (non-hydrogen) atoms. The summed E-state index contributed by atoms with van der Waals surface area (Å²) >= 11 is 0. The van der Waals surface area contributed by atoms with Crippen LogP contribution in [0.5, 0.6) is 0 Å². The van der Waals surface area contributed by atoms with Gasteiger partial charge >= 0.3 is 5.69 Å². The highest BCUT2D eigenvalue weighted by molar-refractivity contribution is 5.92. The highest BCUT2D eigenvalue weighted by Crippen LogP contribution is 2.36. The molecule has 1 saturated heterocycles. The van der Waals surface area contributed by atoms with E-state index in [1.165, 1.54) is 28.8 Å². The summed E-state index contributed by atoms with van der Waals surface area (Å²) in [6.07, 6.45) is 2.59. The van der Waals surface area contributed by atoms with Gasteiger partial charge in [0, 0.05) is 44.2 Å². The summed E-state index contributed by atoms with van der Waals surface area (Å²) in [6, 6.07) is 9.01. The van der Waals surface area contributed by atoms with Gasteiger partial charge in [-0.15, -0.1) is 5.11 Å². The first-order chi connectivity index (χ1) is 23.2. The van der Waals surface area contributed by atoms with E-state index in [1.807, 2.05) is 13.8 Å². The second-order valence-corrected chi connectivity index (χ2v) is 12.2. The van der Waals surface area contributed by atoms with Gasteiger partial charge in [0.1, 0.15) is 23.1 Å². The van der Waals surface area contributed by atoms with Gasteiger partial charge in [-0.1, -0.05) is 32.6 Å². The molecule has 1 amide bonds. The van der Waals surface area contributed by atoms with Gasteiger partial charge in [0.15, 0.2) is 17.6 Å². The number of halogens is 2. The molecule has 1 fully saturated rings. The van der Waals surface area contributed by atoms with Crippen LogP contribution in [0.2, 0.25) is 0 Å². The third-order valence-electron chi connectivity index (χ3n) is 8.87. The van der Waals surface area contributed by atoms with Crippen LogP contribution < -0.4 is 10.6 Å². The quantitative estimate of drug-likeness (QED) is 0.293. The third-order valence-corrected chi connectivity index (χ3v) is 8.87. The Morgan fingerprint density at radius 2 is 2.00 bits per heavy atom. The second kappa shape index (κ2) is 12.1. The summed E-state index contributed by atoms with van der Waals surface area (Å²) in [4.78, 5) is 48.8. The second-order valence-electron chi connectivity index (χ2n) is 12.2. The van der Waals surface area contributed by atoms with Crippen LogP contribution >= 0.6 is 0 Å². The Morgan fingerprint density at radius 3 is 2.77 bits per heavy atom. The number of hydrogen-bond donors (Lipinski definition) is 0. The molecule has 3 aliphatic rings. The van der Waals surface area contributed by atoms with E-state index in [0.29, 0.717) is 28.3 Å². The SMILES string of the molecule is C=CC(=O)N1CCN(c2nc(=O)n3c4nc(c(F)cc24)-c2c(F)cccc2CC2N=NC(=N2)Cc2ccnc(C(C)C)c2-3)CC1CC#N. The zero-order valence-electron chi connectivity index (χ0n) is 26.3. The average molecular weight is 649 g/mol. The number of carbonyl (C=O) groups is 1. The summed E-state index contributed by atoms with van der Waals surface area (Å²) in [6.45, 7) is 8.06. The molecule has 0 radical (unpaired) electrons. The smallest absolute Gasteiger partial charge is 0.352 e. The molecule has 0 aliphatic carbocycles. The minimum absolute atomic E-state index is 0.0247. The van der Waals surface area contributed by atoms with E-state index >= 15 is 8.78 Å². The number of carbonyl (C=O) groups excluding carboxylic acids is 1. The van der Waals surface area contributed by atoms with E-state index in [4.69, 9.17) is 4.98 Å². The van der Waals surface area contributed by atoms with Crippen LogP contribution in [-0.4, -0.2) is 68.0 Å². The Morgan fingerprint density at radius 1 is 1.17 bits per heavy atom. The van der Waals surface area contributed by atoms with Gasteiger partial charge in [0.25, 0.3) is 0 Å². The van der Waals surface area contributed by atoms with Crippen LogP contribution in [0, 0.1) is 23.0 Å². The third kappa shape index (κ3) is 5.21. The van der Waals surface area contributed by atoms with E-state index in [-0.39, 0.29) is 78.8 Å². The molecular formula is C34H30F2N10O2. The molecule has 3 aliphatic heterocycles. The lowest BCUT2D eigenvalue weighted by Gasteiger charge is -2.41. The maximum atomic E-state index is 16.4. The predicted octanol–water partition coefficient (Wildman–Crippen LogP) is 4.65. The van der Waals surface area contributed by atoms with Crippen molar-refractivity contribution in [1.29, 1.82) is 5.26 Å². The van der Waals surface area contributed by atoms with Crippen LogP contribution in [0.15, 0.2) is 69.2 Å². The minimum atomic E-state index is -0.821. The normalized spacial score (nSPS) is 18.5. The molecule has 3 aromatic heterocycles. The number of pyridine rings is 2. The Labute approximate surface area is 273 Å². The van der Waals surface area contributed by atoms with Gasteiger partial charge in [-0.3, -0.25) is 9.78 Å². The molecule has 6 heterocycles. The molecule has 1 aromatic carbocycles. The largest absolute Gasteiger partial charge is 0.355 e. The Bertz CT molecular complexity index is 2170. The molecule has 0 spiro atoms. The van der Waals surface area contributed by atoms with Crippen molar-refractivity contribution in [1.82, 2.24) is 24.4 Å². The highest BCUT2D eigenvalue weighted by Gasteiger charge is 2.33. The highest BCUT2D eigenvalue weighted by atomic mass is 19.1. The molecular weight excluding hydrogens is 618 g/mol. The van der Waals surface area contributed by atoms with Crippen molar-refractivity contribution in [3.63, 3.8) is 0 Å². The lowest BCUT2D eigenvalue weighted by molar-refractivity contribution is -0.128. The molecule has 2 atom stereocenters. The predicted molar refractivity (Wildman–Crippen MR) is 174 cm³/mol. The molecule has 0 saturated carbocycles. The van der Waals surface area contributed by atoms with Gasteiger partial charge in [0.05, 0.1) is 35.3 Å². The summed E-state index contributed by atoms with van der Waals surface area (Å²) < 4.78 is 33.4. The number of amidine groups is 1. The van der Waals surface area contributed by atoms with Gasteiger partial charge in [-0.05, 0) is 41.3 Å². The number of nitrogens with zero attached hydrogens (tertiary/aromatic N) is 10. The molecule has 7 rings (SSSR count). The number of piperazine rings is 1. The van der Waals surface area contributed by atoms with Crippen molar-refractivity contribution in [2.24, 2.45) is 15.2 Å². The summed E-state index contributed by atoms with van der Waals surface area (Å²) in [5.41, 5.74) is 1.07. The fourth-order valence-electron chi connectivity index (χ4n) is 6.69. The number of amides is 1. The van der Waals surface area contributed by atoms with Crippen LogP contribution in [0.1, 0.15) is 43.0 Å². The number of aliphatic imine (C=N–C) groups is 1. The monoisotopic (exact) mass is 648 g/mol. The first-order valence-electron chi connectivity index (χ1n) is 15.6. The van der Waals surface area contributed by atoms with Gasteiger partial charge in [-0.25, -0.2) is 28.1 Å². The fourth-order valence-corrected chi connectivity index (χ4v) is 6.69.